The molecule has 82 valence electrons. The maximum Gasteiger partial charge on any atom is 0.239 e. The van der Waals surface area contributed by atoms with Crippen molar-refractivity contribution >= 4 is 5.91 Å². The quantitative estimate of drug-likeness (QED) is 0.660. The molecule has 0 bridgehead atoms. The van der Waals surface area contributed by atoms with Crippen molar-refractivity contribution in [3.63, 3.8) is 0 Å². The highest BCUT2D eigenvalue weighted by atomic mass is 16.2. The van der Waals surface area contributed by atoms with Crippen LogP contribution in [0.3, 0.4) is 0 Å². The number of carbonyl (C=O) groups excluding carboxylic acids is 1. The summed E-state index contributed by atoms with van der Waals surface area (Å²) >= 11 is 0. The van der Waals surface area contributed by atoms with Crippen LogP contribution in [-0.2, 0) is 4.79 Å². The van der Waals surface area contributed by atoms with Gasteiger partial charge in [0, 0.05) is 18.6 Å². The Morgan fingerprint density at radius 2 is 2.00 bits per heavy atom. The monoisotopic (exact) mass is 199 g/mol. The van der Waals surface area contributed by atoms with E-state index in [2.05, 4.69) is 0 Å². The SMILES string of the molecule is CCC(N)C(=O)N1CCC(C)(N)CC1. The highest BCUT2D eigenvalue weighted by Crippen LogP contribution is 2.19. The van der Waals surface area contributed by atoms with E-state index in [1.54, 1.807) is 0 Å². The van der Waals surface area contributed by atoms with E-state index in [1.165, 1.54) is 0 Å². The van der Waals surface area contributed by atoms with Gasteiger partial charge in [-0.15, -0.1) is 0 Å². The minimum atomic E-state index is -0.336. The van der Waals surface area contributed by atoms with Crippen molar-refractivity contribution in [3.8, 4) is 0 Å². The molecular weight excluding hydrogens is 178 g/mol. The van der Waals surface area contributed by atoms with Crippen molar-refractivity contribution in [1.82, 2.24) is 4.90 Å². The molecule has 0 saturated carbocycles. The minimum absolute atomic E-state index is 0.0722. The van der Waals surface area contributed by atoms with Crippen molar-refractivity contribution in [3.05, 3.63) is 0 Å². The van der Waals surface area contributed by atoms with Gasteiger partial charge in [0.15, 0.2) is 0 Å². The molecule has 4 heteroatoms. The molecule has 1 fully saturated rings. The Balaban J connectivity index is 2.46. The van der Waals surface area contributed by atoms with Crippen LogP contribution in [-0.4, -0.2) is 35.5 Å². The fourth-order valence-corrected chi connectivity index (χ4v) is 1.65. The van der Waals surface area contributed by atoms with Crippen molar-refractivity contribution in [2.45, 2.75) is 44.7 Å². The fraction of sp³-hybridized carbons (Fsp3) is 0.900. The smallest absolute Gasteiger partial charge is 0.239 e. The van der Waals surface area contributed by atoms with Crippen molar-refractivity contribution in [1.29, 1.82) is 0 Å². The fourth-order valence-electron chi connectivity index (χ4n) is 1.65. The van der Waals surface area contributed by atoms with E-state index in [1.807, 2.05) is 18.7 Å². The Morgan fingerprint density at radius 1 is 1.50 bits per heavy atom. The summed E-state index contributed by atoms with van der Waals surface area (Å²) < 4.78 is 0. The molecule has 1 amide bonds. The van der Waals surface area contributed by atoms with Crippen LogP contribution in [0.15, 0.2) is 0 Å². The average Bonchev–Trinajstić information content (AvgIpc) is 2.15. The summed E-state index contributed by atoms with van der Waals surface area (Å²) in [5, 5.41) is 0. The van der Waals surface area contributed by atoms with Gasteiger partial charge in [-0.1, -0.05) is 6.92 Å². The zero-order chi connectivity index (χ0) is 10.8. The molecule has 1 unspecified atom stereocenters. The molecule has 0 aromatic carbocycles. The molecule has 4 N–H and O–H groups in total. The molecule has 1 aliphatic heterocycles. The highest BCUT2D eigenvalue weighted by molar-refractivity contribution is 5.81. The normalized spacial score (nSPS) is 23.3. The molecule has 14 heavy (non-hydrogen) atoms. The van der Waals surface area contributed by atoms with Gasteiger partial charge in [-0.25, -0.2) is 0 Å². The van der Waals surface area contributed by atoms with Gasteiger partial charge in [-0.05, 0) is 26.2 Å². The van der Waals surface area contributed by atoms with E-state index in [-0.39, 0.29) is 17.5 Å². The van der Waals surface area contributed by atoms with Crippen LogP contribution in [0.5, 0.6) is 0 Å². The lowest BCUT2D eigenvalue weighted by molar-refractivity contribution is -0.134. The van der Waals surface area contributed by atoms with Crippen LogP contribution in [0.25, 0.3) is 0 Å². The number of piperidine rings is 1. The first-order valence-electron chi connectivity index (χ1n) is 5.29. The number of likely N-dealkylation sites (tertiary alicyclic amines) is 1. The first-order chi connectivity index (χ1) is 6.46. The van der Waals surface area contributed by atoms with Crippen molar-refractivity contribution < 1.29 is 4.79 Å². The van der Waals surface area contributed by atoms with Gasteiger partial charge in [0.2, 0.25) is 5.91 Å². The molecule has 0 spiro atoms. The van der Waals surface area contributed by atoms with Gasteiger partial charge in [0.05, 0.1) is 6.04 Å². The minimum Gasteiger partial charge on any atom is -0.341 e. The zero-order valence-electron chi connectivity index (χ0n) is 9.12. The molecule has 1 aliphatic rings. The van der Waals surface area contributed by atoms with E-state index in [9.17, 15) is 4.79 Å². The lowest BCUT2D eigenvalue weighted by Gasteiger charge is -2.37. The lowest BCUT2D eigenvalue weighted by atomic mass is 9.91. The zero-order valence-corrected chi connectivity index (χ0v) is 9.12. The third-order valence-corrected chi connectivity index (χ3v) is 2.97. The Hall–Kier alpha value is -0.610. The average molecular weight is 199 g/mol. The van der Waals surface area contributed by atoms with Crippen LogP contribution in [0.4, 0.5) is 0 Å². The van der Waals surface area contributed by atoms with Gasteiger partial charge in [0.1, 0.15) is 0 Å². The topological polar surface area (TPSA) is 72.4 Å². The van der Waals surface area contributed by atoms with Crippen LogP contribution in [0.2, 0.25) is 0 Å². The van der Waals surface area contributed by atoms with E-state index < -0.39 is 0 Å². The summed E-state index contributed by atoms with van der Waals surface area (Å²) in [6, 6.07) is -0.336. The molecule has 0 radical (unpaired) electrons. The number of carbonyl (C=O) groups is 1. The molecule has 0 aromatic rings. The van der Waals surface area contributed by atoms with Crippen molar-refractivity contribution in [2.24, 2.45) is 11.5 Å². The standard InChI is InChI=1S/C10H21N3O/c1-3-8(11)9(14)13-6-4-10(2,12)5-7-13/h8H,3-7,11-12H2,1-2H3. The number of nitrogens with zero attached hydrogens (tertiary/aromatic N) is 1. The van der Waals surface area contributed by atoms with Gasteiger partial charge in [-0.3, -0.25) is 4.79 Å². The predicted octanol–water partition coefficient (Wildman–Crippen LogP) is 0.0635. The maximum atomic E-state index is 11.7. The Bertz CT molecular complexity index is 205. The number of hydrogen-bond donors (Lipinski definition) is 2. The van der Waals surface area contributed by atoms with Crippen LogP contribution in [0.1, 0.15) is 33.1 Å². The highest BCUT2D eigenvalue weighted by Gasteiger charge is 2.29. The van der Waals surface area contributed by atoms with Gasteiger partial charge >= 0.3 is 0 Å². The molecular formula is C10H21N3O. The van der Waals surface area contributed by atoms with E-state index in [0.29, 0.717) is 6.42 Å². The molecule has 1 atom stereocenters. The summed E-state index contributed by atoms with van der Waals surface area (Å²) in [4.78, 5) is 13.5. The Kier molecular flexibility index (Phi) is 3.50. The maximum absolute atomic E-state index is 11.7. The molecule has 1 heterocycles. The van der Waals surface area contributed by atoms with E-state index >= 15 is 0 Å². The molecule has 4 nitrogen and oxygen atoms in total. The number of nitrogens with two attached hydrogens (primary N) is 2. The van der Waals surface area contributed by atoms with Crippen LogP contribution in [0, 0.1) is 0 Å². The second-order valence-electron chi connectivity index (χ2n) is 4.49. The Labute approximate surface area is 85.6 Å². The van der Waals surface area contributed by atoms with Crippen LogP contribution >= 0.6 is 0 Å². The molecule has 1 saturated heterocycles. The van der Waals surface area contributed by atoms with Crippen LogP contribution < -0.4 is 11.5 Å². The molecule has 0 aliphatic carbocycles. The van der Waals surface area contributed by atoms with Crippen molar-refractivity contribution in [2.75, 3.05) is 13.1 Å². The second-order valence-corrected chi connectivity index (χ2v) is 4.49. The van der Waals surface area contributed by atoms with Gasteiger partial charge < -0.3 is 16.4 Å². The number of amides is 1. The summed E-state index contributed by atoms with van der Waals surface area (Å²) in [7, 11) is 0. The van der Waals surface area contributed by atoms with E-state index in [4.69, 9.17) is 11.5 Å². The second kappa shape index (κ2) is 4.28. The first-order valence-corrected chi connectivity index (χ1v) is 5.29. The number of rotatable bonds is 2. The third kappa shape index (κ3) is 2.69. The molecule has 1 rings (SSSR count). The summed E-state index contributed by atoms with van der Waals surface area (Å²) in [6.07, 6.45) is 2.44. The lowest BCUT2D eigenvalue weighted by Crippen LogP contribution is -2.53. The molecule has 0 aromatic heterocycles. The van der Waals surface area contributed by atoms with E-state index in [0.717, 1.165) is 25.9 Å². The first kappa shape index (κ1) is 11.5. The third-order valence-electron chi connectivity index (χ3n) is 2.97. The Morgan fingerprint density at radius 3 is 2.43 bits per heavy atom. The summed E-state index contributed by atoms with van der Waals surface area (Å²) in [5.74, 6) is 0.0722. The summed E-state index contributed by atoms with van der Waals surface area (Å²) in [5.41, 5.74) is 11.6. The van der Waals surface area contributed by atoms with Gasteiger partial charge in [0.25, 0.3) is 0 Å². The number of hydrogen-bond acceptors (Lipinski definition) is 3. The van der Waals surface area contributed by atoms with Gasteiger partial charge in [-0.2, -0.15) is 0 Å². The predicted molar refractivity (Wildman–Crippen MR) is 56.7 cm³/mol. The largest absolute Gasteiger partial charge is 0.341 e. The summed E-state index contributed by atoms with van der Waals surface area (Å²) in [6.45, 7) is 5.47.